The van der Waals surface area contributed by atoms with Crippen LogP contribution in [0, 0.1) is 0 Å². The molecule has 2 rings (SSSR count). The third-order valence-electron chi connectivity index (χ3n) is 4.13. The van der Waals surface area contributed by atoms with Crippen molar-refractivity contribution in [2.24, 2.45) is 0 Å². The SMILES string of the molecule is CC(C)(C)OCCNNN1CC(c2ccc(C(C)(C)C)cc2)C1. The summed E-state index contributed by atoms with van der Waals surface area (Å²) in [5.74, 6) is 0.629. The van der Waals surface area contributed by atoms with E-state index in [4.69, 9.17) is 4.74 Å². The summed E-state index contributed by atoms with van der Waals surface area (Å²) in [6, 6.07) is 9.11. The van der Waals surface area contributed by atoms with E-state index in [-0.39, 0.29) is 11.0 Å². The highest BCUT2D eigenvalue weighted by Crippen LogP contribution is 2.28. The van der Waals surface area contributed by atoms with Crippen molar-refractivity contribution in [2.45, 2.75) is 58.5 Å². The lowest BCUT2D eigenvalue weighted by Gasteiger charge is -2.39. The number of nitrogens with zero attached hydrogens (tertiary/aromatic N) is 1. The maximum Gasteiger partial charge on any atom is 0.0612 e. The van der Waals surface area contributed by atoms with Crippen LogP contribution in [0.3, 0.4) is 0 Å². The van der Waals surface area contributed by atoms with E-state index >= 15 is 0 Å². The Labute approximate surface area is 141 Å². The quantitative estimate of drug-likeness (QED) is 0.623. The minimum Gasteiger partial charge on any atom is -0.374 e. The van der Waals surface area contributed by atoms with Gasteiger partial charge >= 0.3 is 0 Å². The van der Waals surface area contributed by atoms with Crippen LogP contribution in [0.5, 0.6) is 0 Å². The Kier molecular flexibility index (Phi) is 5.84. The zero-order valence-electron chi connectivity index (χ0n) is 15.6. The fourth-order valence-corrected chi connectivity index (χ4v) is 2.61. The molecule has 1 heterocycles. The number of hydrazine groups is 2. The highest BCUT2D eigenvalue weighted by Gasteiger charge is 2.28. The minimum absolute atomic E-state index is 0.0667. The average Bonchev–Trinajstić information content (AvgIpc) is 2.38. The normalized spacial score (nSPS) is 17.3. The van der Waals surface area contributed by atoms with E-state index in [0.717, 1.165) is 19.6 Å². The predicted octanol–water partition coefficient (Wildman–Crippen LogP) is 3.21. The van der Waals surface area contributed by atoms with Crippen molar-refractivity contribution >= 4 is 0 Å². The van der Waals surface area contributed by atoms with Crippen molar-refractivity contribution in [2.75, 3.05) is 26.2 Å². The number of hydrogen-bond acceptors (Lipinski definition) is 4. The summed E-state index contributed by atoms with van der Waals surface area (Å²) in [5, 5.41) is 2.21. The maximum absolute atomic E-state index is 5.67. The van der Waals surface area contributed by atoms with Gasteiger partial charge in [-0.25, -0.2) is 10.4 Å². The molecule has 2 N–H and O–H groups in total. The van der Waals surface area contributed by atoms with Crippen LogP contribution >= 0.6 is 0 Å². The molecule has 130 valence electrons. The topological polar surface area (TPSA) is 36.5 Å². The largest absolute Gasteiger partial charge is 0.374 e. The van der Waals surface area contributed by atoms with Gasteiger partial charge in [-0.05, 0) is 37.3 Å². The molecule has 0 bridgehead atoms. The van der Waals surface area contributed by atoms with Gasteiger partial charge in [-0.2, -0.15) is 5.53 Å². The summed E-state index contributed by atoms with van der Waals surface area (Å²) in [4.78, 5) is 0. The van der Waals surface area contributed by atoms with Crippen LogP contribution in [-0.4, -0.2) is 36.9 Å². The van der Waals surface area contributed by atoms with Gasteiger partial charge in [0.15, 0.2) is 0 Å². The number of benzene rings is 1. The number of hydrogen-bond donors (Lipinski definition) is 2. The summed E-state index contributed by atoms with van der Waals surface area (Å²) in [7, 11) is 0. The zero-order valence-corrected chi connectivity index (χ0v) is 15.6. The molecule has 0 unspecified atom stereocenters. The predicted molar refractivity (Wildman–Crippen MR) is 96.3 cm³/mol. The third-order valence-corrected chi connectivity index (χ3v) is 4.13. The number of ether oxygens (including phenoxy) is 1. The first kappa shape index (κ1) is 18.4. The fourth-order valence-electron chi connectivity index (χ4n) is 2.61. The van der Waals surface area contributed by atoms with E-state index in [2.05, 4.69) is 81.8 Å². The van der Waals surface area contributed by atoms with Crippen LogP contribution in [0.2, 0.25) is 0 Å². The lowest BCUT2D eigenvalue weighted by Crippen LogP contribution is -2.58. The summed E-state index contributed by atoms with van der Waals surface area (Å²) in [6.07, 6.45) is 0. The van der Waals surface area contributed by atoms with E-state index in [9.17, 15) is 0 Å². The lowest BCUT2D eigenvalue weighted by molar-refractivity contribution is -0.00961. The van der Waals surface area contributed by atoms with Crippen molar-refractivity contribution < 1.29 is 4.74 Å². The van der Waals surface area contributed by atoms with Gasteiger partial charge in [0.05, 0.1) is 12.2 Å². The van der Waals surface area contributed by atoms with Gasteiger partial charge in [0.25, 0.3) is 0 Å². The van der Waals surface area contributed by atoms with Gasteiger partial charge in [-0.3, -0.25) is 0 Å². The molecule has 0 aromatic heterocycles. The fraction of sp³-hybridized carbons (Fsp3) is 0.684. The molecule has 1 aliphatic rings. The van der Waals surface area contributed by atoms with Crippen LogP contribution in [0.4, 0.5) is 0 Å². The molecule has 0 spiro atoms. The highest BCUT2D eigenvalue weighted by atomic mass is 16.5. The first-order chi connectivity index (χ1) is 10.6. The Bertz CT molecular complexity index is 479. The van der Waals surface area contributed by atoms with Crippen LogP contribution < -0.4 is 11.0 Å². The second-order valence-corrected chi connectivity index (χ2v) is 8.47. The zero-order chi connectivity index (χ0) is 17.1. The van der Waals surface area contributed by atoms with Gasteiger partial charge in [0.1, 0.15) is 0 Å². The van der Waals surface area contributed by atoms with Crippen molar-refractivity contribution in [3.8, 4) is 0 Å². The van der Waals surface area contributed by atoms with Gasteiger partial charge in [0, 0.05) is 25.6 Å². The summed E-state index contributed by atoms with van der Waals surface area (Å²) in [5.41, 5.74) is 9.45. The highest BCUT2D eigenvalue weighted by molar-refractivity contribution is 5.30. The molecule has 1 aliphatic heterocycles. The monoisotopic (exact) mass is 319 g/mol. The molecule has 0 atom stereocenters. The molecular weight excluding hydrogens is 286 g/mol. The third kappa shape index (κ3) is 5.88. The first-order valence-corrected chi connectivity index (χ1v) is 8.63. The Morgan fingerprint density at radius 2 is 1.65 bits per heavy atom. The van der Waals surface area contributed by atoms with E-state index in [1.807, 2.05) is 0 Å². The molecule has 0 aliphatic carbocycles. The maximum atomic E-state index is 5.67. The molecule has 1 fully saturated rings. The van der Waals surface area contributed by atoms with E-state index in [0.29, 0.717) is 12.5 Å². The lowest BCUT2D eigenvalue weighted by atomic mass is 9.84. The Morgan fingerprint density at radius 1 is 1.04 bits per heavy atom. The molecule has 0 radical (unpaired) electrons. The Balaban J connectivity index is 1.65. The Morgan fingerprint density at radius 3 is 2.17 bits per heavy atom. The summed E-state index contributed by atoms with van der Waals surface area (Å²) >= 11 is 0. The average molecular weight is 319 g/mol. The van der Waals surface area contributed by atoms with Gasteiger partial charge in [0.2, 0.25) is 0 Å². The van der Waals surface area contributed by atoms with Crippen molar-refractivity contribution in [1.29, 1.82) is 0 Å². The molecule has 4 nitrogen and oxygen atoms in total. The molecule has 1 aromatic carbocycles. The number of nitrogens with one attached hydrogen (secondary N) is 2. The minimum atomic E-state index is -0.0667. The standard InChI is InChI=1S/C19H33N3O/c1-18(2,3)17-9-7-15(8-10-17)16-13-22(14-16)21-20-11-12-23-19(4,5)6/h7-10,16,20-21H,11-14H2,1-6H3. The van der Waals surface area contributed by atoms with Crippen LogP contribution in [0.25, 0.3) is 0 Å². The first-order valence-electron chi connectivity index (χ1n) is 8.63. The van der Waals surface area contributed by atoms with Gasteiger partial charge in [-0.1, -0.05) is 45.0 Å². The molecule has 1 aromatic rings. The van der Waals surface area contributed by atoms with Crippen LogP contribution in [-0.2, 0) is 10.2 Å². The number of rotatable bonds is 6. The molecule has 23 heavy (non-hydrogen) atoms. The van der Waals surface area contributed by atoms with Gasteiger partial charge < -0.3 is 4.74 Å². The van der Waals surface area contributed by atoms with Crippen molar-refractivity contribution in [3.05, 3.63) is 35.4 Å². The summed E-state index contributed by atoms with van der Waals surface area (Å²) < 4.78 is 5.67. The molecule has 0 saturated carbocycles. The molecular formula is C19H33N3O. The molecule has 1 saturated heterocycles. The molecule has 0 amide bonds. The van der Waals surface area contributed by atoms with Crippen molar-refractivity contribution in [3.63, 3.8) is 0 Å². The smallest absolute Gasteiger partial charge is 0.0612 e. The van der Waals surface area contributed by atoms with Crippen LogP contribution in [0.1, 0.15) is 58.6 Å². The van der Waals surface area contributed by atoms with E-state index in [1.165, 1.54) is 11.1 Å². The van der Waals surface area contributed by atoms with E-state index < -0.39 is 0 Å². The summed E-state index contributed by atoms with van der Waals surface area (Å²) in [6.45, 7) is 16.6. The second kappa shape index (κ2) is 7.31. The van der Waals surface area contributed by atoms with Crippen molar-refractivity contribution in [1.82, 2.24) is 16.0 Å². The Hall–Kier alpha value is -0.940. The van der Waals surface area contributed by atoms with Crippen LogP contribution in [0.15, 0.2) is 24.3 Å². The second-order valence-electron chi connectivity index (χ2n) is 8.47. The van der Waals surface area contributed by atoms with Gasteiger partial charge in [-0.15, -0.1) is 0 Å². The molecule has 4 heteroatoms. The van der Waals surface area contributed by atoms with E-state index in [1.54, 1.807) is 0 Å².